The highest BCUT2D eigenvalue weighted by atomic mass is 32.1. The van der Waals surface area contributed by atoms with Crippen LogP contribution in [0.25, 0.3) is 0 Å². The Balaban J connectivity index is 3.13. The average molecular weight is 246 g/mol. The van der Waals surface area contributed by atoms with Crippen molar-refractivity contribution >= 4 is 12.2 Å². The third kappa shape index (κ3) is 2.99. The number of hydrogen-bond acceptors (Lipinski definition) is 5. The Morgan fingerprint density at radius 1 is 1.62 bits per heavy atom. The van der Waals surface area contributed by atoms with Crippen LogP contribution in [0.4, 0.5) is 0 Å². The maximum Gasteiger partial charge on any atom is 0.257 e. The zero-order valence-electron chi connectivity index (χ0n) is 9.01. The number of H-pyrrole nitrogens is 1. The molecule has 2 atom stereocenters. The Morgan fingerprint density at radius 3 is 2.75 bits per heavy atom. The van der Waals surface area contributed by atoms with Gasteiger partial charge in [0.1, 0.15) is 6.23 Å². The van der Waals surface area contributed by atoms with Crippen LogP contribution >= 0.6 is 12.2 Å². The van der Waals surface area contributed by atoms with Gasteiger partial charge in [-0.25, -0.2) is 0 Å². The first-order chi connectivity index (χ1) is 7.45. The molecule has 0 saturated heterocycles. The Hall–Kier alpha value is -1.02. The van der Waals surface area contributed by atoms with Gasteiger partial charge >= 0.3 is 0 Å². The van der Waals surface area contributed by atoms with Gasteiger partial charge in [-0.2, -0.15) is 0 Å². The van der Waals surface area contributed by atoms with Crippen LogP contribution in [0.2, 0.25) is 0 Å². The van der Waals surface area contributed by atoms with Crippen molar-refractivity contribution in [3.63, 3.8) is 0 Å². The summed E-state index contributed by atoms with van der Waals surface area (Å²) in [5.74, 6) is 0. The van der Waals surface area contributed by atoms with E-state index in [0.29, 0.717) is 0 Å². The lowest BCUT2D eigenvalue weighted by Gasteiger charge is -2.18. The van der Waals surface area contributed by atoms with E-state index in [2.05, 4.69) is 4.98 Å². The summed E-state index contributed by atoms with van der Waals surface area (Å²) >= 11 is 4.94. The summed E-state index contributed by atoms with van der Waals surface area (Å²) < 4.78 is 6.73. The number of aliphatic hydroxyl groups is 2. The number of hydrogen-bond donors (Lipinski definition) is 3. The minimum atomic E-state index is -0.943. The fraction of sp³-hybridized carbons (Fsp3) is 0.556. The van der Waals surface area contributed by atoms with E-state index in [-0.39, 0.29) is 16.9 Å². The lowest BCUT2D eigenvalue weighted by Crippen LogP contribution is -2.23. The zero-order chi connectivity index (χ0) is 12.3. The molecule has 1 aromatic rings. The van der Waals surface area contributed by atoms with Gasteiger partial charge in [0, 0.05) is 6.20 Å². The first-order valence-corrected chi connectivity index (χ1v) is 5.15. The maximum atomic E-state index is 11.3. The third-order valence-electron chi connectivity index (χ3n) is 2.00. The number of rotatable bonds is 4. The van der Waals surface area contributed by atoms with Crippen molar-refractivity contribution in [1.82, 2.24) is 9.55 Å². The summed E-state index contributed by atoms with van der Waals surface area (Å²) in [6, 6.07) is 0. The van der Waals surface area contributed by atoms with E-state index in [1.54, 1.807) is 6.92 Å². The molecule has 0 aromatic carbocycles. The van der Waals surface area contributed by atoms with E-state index in [1.807, 2.05) is 0 Å². The van der Waals surface area contributed by atoms with Gasteiger partial charge in [0.2, 0.25) is 0 Å². The Labute approximate surface area is 97.1 Å². The SMILES string of the molecule is CC(O[C@@H](C)O)n1cc(CO)c(=O)[nH]c1=S. The van der Waals surface area contributed by atoms with Gasteiger partial charge in [-0.3, -0.25) is 14.3 Å². The molecule has 1 aromatic heterocycles. The fourth-order valence-electron chi connectivity index (χ4n) is 1.26. The standard InChI is InChI=1S/C9H14N2O4S/c1-5(15-6(2)13)11-3-7(4-12)8(14)10-9(11)16/h3,5-6,12-13H,4H2,1-2H3,(H,10,14,16)/t5?,6-/m0/s1. The summed E-state index contributed by atoms with van der Waals surface area (Å²) in [4.78, 5) is 13.7. The molecule has 7 heteroatoms. The molecular formula is C9H14N2O4S. The van der Waals surface area contributed by atoms with Crippen molar-refractivity contribution in [2.24, 2.45) is 0 Å². The predicted molar refractivity (Wildman–Crippen MR) is 59.3 cm³/mol. The highest BCUT2D eigenvalue weighted by Crippen LogP contribution is 2.09. The molecule has 0 saturated carbocycles. The fourth-order valence-corrected chi connectivity index (χ4v) is 1.55. The molecule has 1 heterocycles. The van der Waals surface area contributed by atoms with Gasteiger partial charge in [-0.15, -0.1) is 0 Å². The van der Waals surface area contributed by atoms with Crippen LogP contribution in [-0.4, -0.2) is 26.1 Å². The molecular weight excluding hydrogens is 232 g/mol. The van der Waals surface area contributed by atoms with E-state index in [0.717, 1.165) is 0 Å². The van der Waals surface area contributed by atoms with E-state index in [4.69, 9.17) is 27.2 Å². The number of nitrogens with zero attached hydrogens (tertiary/aromatic N) is 1. The van der Waals surface area contributed by atoms with Crippen molar-refractivity contribution < 1.29 is 14.9 Å². The first-order valence-electron chi connectivity index (χ1n) is 4.74. The monoisotopic (exact) mass is 246 g/mol. The number of aromatic nitrogens is 2. The van der Waals surface area contributed by atoms with Crippen LogP contribution in [-0.2, 0) is 11.3 Å². The van der Waals surface area contributed by atoms with Crippen molar-refractivity contribution in [2.75, 3.05) is 0 Å². The Bertz CT molecular complexity index is 465. The predicted octanol–water partition coefficient (Wildman–Crippen LogP) is 0.272. The topological polar surface area (TPSA) is 87.5 Å². The van der Waals surface area contributed by atoms with E-state index < -0.39 is 18.1 Å². The van der Waals surface area contributed by atoms with Crippen molar-refractivity contribution in [1.29, 1.82) is 0 Å². The number of aromatic amines is 1. The average Bonchev–Trinajstić information content (AvgIpc) is 2.16. The second kappa shape index (κ2) is 5.35. The summed E-state index contributed by atoms with van der Waals surface area (Å²) in [5.41, 5.74) is -0.234. The third-order valence-corrected chi connectivity index (χ3v) is 2.31. The van der Waals surface area contributed by atoms with Gasteiger partial charge in [-0.1, -0.05) is 0 Å². The molecule has 1 unspecified atom stereocenters. The zero-order valence-corrected chi connectivity index (χ0v) is 9.82. The summed E-state index contributed by atoms with van der Waals surface area (Å²) in [5, 5.41) is 18.0. The molecule has 1 rings (SSSR count). The van der Waals surface area contributed by atoms with Crippen molar-refractivity contribution in [2.45, 2.75) is 33.0 Å². The molecule has 6 nitrogen and oxygen atoms in total. The quantitative estimate of drug-likeness (QED) is 0.524. The number of aliphatic hydroxyl groups excluding tert-OH is 2. The lowest BCUT2D eigenvalue weighted by molar-refractivity contribution is -0.143. The van der Waals surface area contributed by atoms with Gasteiger partial charge < -0.3 is 14.9 Å². The minimum absolute atomic E-state index is 0.176. The minimum Gasteiger partial charge on any atom is -0.391 e. The molecule has 90 valence electrons. The summed E-state index contributed by atoms with van der Waals surface area (Å²) in [7, 11) is 0. The highest BCUT2D eigenvalue weighted by molar-refractivity contribution is 7.71. The largest absolute Gasteiger partial charge is 0.391 e. The normalized spacial score (nSPS) is 14.8. The first kappa shape index (κ1) is 13.0. The summed E-state index contributed by atoms with van der Waals surface area (Å²) in [6.45, 7) is 2.76. The van der Waals surface area contributed by atoms with Crippen LogP contribution in [0.5, 0.6) is 0 Å². The molecule has 0 spiro atoms. The van der Waals surface area contributed by atoms with Crippen LogP contribution in [0.3, 0.4) is 0 Å². The molecule has 0 amide bonds. The van der Waals surface area contributed by atoms with Crippen LogP contribution in [0, 0.1) is 4.77 Å². The highest BCUT2D eigenvalue weighted by Gasteiger charge is 2.10. The molecule has 16 heavy (non-hydrogen) atoms. The van der Waals surface area contributed by atoms with Gasteiger partial charge in [0.05, 0.1) is 12.2 Å². The van der Waals surface area contributed by atoms with Crippen LogP contribution < -0.4 is 5.56 Å². The molecule has 0 aliphatic heterocycles. The van der Waals surface area contributed by atoms with E-state index in [1.165, 1.54) is 17.7 Å². The van der Waals surface area contributed by atoms with Gasteiger partial charge in [-0.05, 0) is 26.1 Å². The van der Waals surface area contributed by atoms with E-state index >= 15 is 0 Å². The second-order valence-corrected chi connectivity index (χ2v) is 3.70. The van der Waals surface area contributed by atoms with Crippen LogP contribution in [0.1, 0.15) is 25.6 Å². The van der Waals surface area contributed by atoms with E-state index in [9.17, 15) is 4.79 Å². The van der Waals surface area contributed by atoms with Gasteiger partial charge in [0.15, 0.2) is 11.1 Å². The molecule has 3 N–H and O–H groups in total. The maximum absolute atomic E-state index is 11.3. The molecule has 0 radical (unpaired) electrons. The number of nitrogens with one attached hydrogen (secondary N) is 1. The van der Waals surface area contributed by atoms with Crippen molar-refractivity contribution in [3.05, 3.63) is 26.9 Å². The Morgan fingerprint density at radius 2 is 2.25 bits per heavy atom. The molecule has 0 bridgehead atoms. The van der Waals surface area contributed by atoms with Crippen LogP contribution in [0.15, 0.2) is 11.0 Å². The Kier molecular flexibility index (Phi) is 4.36. The van der Waals surface area contributed by atoms with Gasteiger partial charge in [0.25, 0.3) is 5.56 Å². The van der Waals surface area contributed by atoms with Crippen molar-refractivity contribution in [3.8, 4) is 0 Å². The molecule has 0 aliphatic rings. The number of ether oxygens (including phenoxy) is 1. The second-order valence-electron chi connectivity index (χ2n) is 3.31. The summed E-state index contributed by atoms with van der Waals surface area (Å²) in [6.07, 6.45) is -0.0649. The molecule has 0 aliphatic carbocycles. The smallest absolute Gasteiger partial charge is 0.257 e. The molecule has 0 fully saturated rings. The lowest BCUT2D eigenvalue weighted by atomic mass is 10.3.